The number of carbonyl (C=O) groups excluding carboxylic acids is 1. The van der Waals surface area contributed by atoms with Crippen LogP contribution in [0.15, 0.2) is 54.9 Å². The van der Waals surface area contributed by atoms with E-state index in [1.165, 1.54) is 4.90 Å². The van der Waals surface area contributed by atoms with Crippen LogP contribution in [0.3, 0.4) is 0 Å². The standard InChI is InChI=1S/C40H50Cl2N2O9/c41-32-20-26(24-52-40(14-15-40)31-21-43-16-11-29(31)30-6-2-3-7-36(30)53-28-9-10-28)33(42)19-25(32)5-1-4-8-37(48)44(27-12-17-51-18-13-27)22-34(46)38(49)39(50)35(47)23-45/h2-3,6-7,11,16,19-21,27-28,34-35,38-39,45-47,49-50H,1,4-5,8-10,12-15,17-18,22-24H2/t34-,35+,38+,39+/m0/s1. The summed E-state index contributed by atoms with van der Waals surface area (Å²) in [6.07, 6.45) is 4.36. The molecule has 4 atom stereocenters. The van der Waals surface area contributed by atoms with Crippen molar-refractivity contribution in [3.8, 4) is 16.9 Å². The van der Waals surface area contributed by atoms with Gasteiger partial charge < -0.3 is 44.6 Å². The number of aliphatic hydroxyl groups excluding tert-OH is 5. The molecule has 2 aliphatic carbocycles. The topological polar surface area (TPSA) is 162 Å². The van der Waals surface area contributed by atoms with E-state index in [9.17, 15) is 25.2 Å². The highest BCUT2D eigenvalue weighted by Crippen LogP contribution is 2.53. The second kappa shape index (κ2) is 18.2. The Morgan fingerprint density at radius 3 is 2.34 bits per heavy atom. The smallest absolute Gasteiger partial charge is 0.222 e. The van der Waals surface area contributed by atoms with E-state index < -0.39 is 36.6 Å². The minimum Gasteiger partial charge on any atom is -0.490 e. The lowest BCUT2D eigenvalue weighted by atomic mass is 9.96. The monoisotopic (exact) mass is 772 g/mol. The van der Waals surface area contributed by atoms with Gasteiger partial charge in [-0.2, -0.15) is 0 Å². The van der Waals surface area contributed by atoms with E-state index in [-0.39, 0.29) is 37.6 Å². The van der Waals surface area contributed by atoms with Gasteiger partial charge in [-0.3, -0.25) is 9.78 Å². The number of hydrogen-bond donors (Lipinski definition) is 5. The van der Waals surface area contributed by atoms with Crippen LogP contribution in [0.2, 0.25) is 10.0 Å². The van der Waals surface area contributed by atoms with Gasteiger partial charge in [0, 0.05) is 65.8 Å². The largest absolute Gasteiger partial charge is 0.490 e. The number of para-hydroxylation sites is 1. The molecule has 1 saturated heterocycles. The van der Waals surface area contributed by atoms with E-state index >= 15 is 0 Å². The first-order valence-corrected chi connectivity index (χ1v) is 19.4. The van der Waals surface area contributed by atoms with Crippen LogP contribution >= 0.6 is 23.2 Å². The van der Waals surface area contributed by atoms with E-state index in [2.05, 4.69) is 11.1 Å². The molecule has 1 aromatic heterocycles. The highest BCUT2D eigenvalue weighted by Gasteiger charge is 2.48. The summed E-state index contributed by atoms with van der Waals surface area (Å²) in [5, 5.41) is 51.0. The summed E-state index contributed by atoms with van der Waals surface area (Å²) in [7, 11) is 0. The predicted octanol–water partition coefficient (Wildman–Crippen LogP) is 4.96. The fourth-order valence-electron chi connectivity index (χ4n) is 6.96. The maximum Gasteiger partial charge on any atom is 0.222 e. The van der Waals surface area contributed by atoms with Crippen LogP contribution in [0.1, 0.15) is 74.5 Å². The highest BCUT2D eigenvalue weighted by atomic mass is 35.5. The summed E-state index contributed by atoms with van der Waals surface area (Å²) in [4.78, 5) is 19.4. The minimum atomic E-state index is -1.76. The Bertz CT molecular complexity index is 1680. The Morgan fingerprint density at radius 2 is 1.62 bits per heavy atom. The summed E-state index contributed by atoms with van der Waals surface area (Å²) >= 11 is 13.5. The number of aliphatic hydroxyl groups is 5. The Hall–Kier alpha value is -2.84. The van der Waals surface area contributed by atoms with Gasteiger partial charge in [-0.1, -0.05) is 41.4 Å². The molecule has 288 valence electrons. The van der Waals surface area contributed by atoms with E-state index in [1.807, 2.05) is 42.6 Å². The first kappa shape index (κ1) is 39.8. The van der Waals surface area contributed by atoms with Crippen LogP contribution < -0.4 is 4.74 Å². The number of nitrogens with zero attached hydrogens (tertiary/aromatic N) is 2. The molecule has 53 heavy (non-hydrogen) atoms. The van der Waals surface area contributed by atoms with Crippen molar-refractivity contribution < 1.29 is 44.5 Å². The third-order valence-electron chi connectivity index (χ3n) is 10.5. The Balaban J connectivity index is 1.04. The fourth-order valence-corrected chi connectivity index (χ4v) is 7.48. The van der Waals surface area contributed by atoms with Gasteiger partial charge in [-0.05, 0) is 98.7 Å². The zero-order valence-electron chi connectivity index (χ0n) is 29.8. The van der Waals surface area contributed by atoms with E-state index in [4.69, 9.17) is 42.5 Å². The van der Waals surface area contributed by atoms with Crippen molar-refractivity contribution in [3.05, 3.63) is 81.6 Å². The number of amides is 1. The molecule has 6 rings (SSSR count). The zero-order chi connectivity index (χ0) is 37.5. The van der Waals surface area contributed by atoms with Crippen molar-refractivity contribution in [2.24, 2.45) is 0 Å². The number of aryl methyl sites for hydroxylation is 1. The average molecular weight is 774 g/mol. The molecule has 13 heteroatoms. The average Bonchev–Trinajstić information content (AvgIpc) is 4.13. The van der Waals surface area contributed by atoms with Crippen LogP contribution in [0.4, 0.5) is 0 Å². The van der Waals surface area contributed by atoms with Crippen LogP contribution in [0, 0.1) is 0 Å². The number of pyridine rings is 1. The molecule has 2 aromatic carbocycles. The van der Waals surface area contributed by atoms with Gasteiger partial charge in [0.15, 0.2) is 0 Å². The molecule has 2 heterocycles. The molecule has 5 N–H and O–H groups in total. The number of hydrogen-bond acceptors (Lipinski definition) is 10. The maximum absolute atomic E-state index is 13.4. The maximum atomic E-state index is 13.4. The predicted molar refractivity (Wildman–Crippen MR) is 200 cm³/mol. The van der Waals surface area contributed by atoms with Gasteiger partial charge in [0.25, 0.3) is 0 Å². The summed E-state index contributed by atoms with van der Waals surface area (Å²) in [6, 6.07) is 13.7. The van der Waals surface area contributed by atoms with Gasteiger partial charge >= 0.3 is 0 Å². The van der Waals surface area contributed by atoms with Crippen molar-refractivity contribution in [3.63, 3.8) is 0 Å². The highest BCUT2D eigenvalue weighted by molar-refractivity contribution is 6.34. The number of benzene rings is 2. The van der Waals surface area contributed by atoms with Crippen molar-refractivity contribution in [1.29, 1.82) is 0 Å². The molecular formula is C40H50Cl2N2O9. The zero-order valence-corrected chi connectivity index (χ0v) is 31.3. The number of unbranched alkanes of at least 4 members (excludes halogenated alkanes) is 1. The normalized spacial score (nSPS) is 19.3. The number of carbonyl (C=O) groups is 1. The number of aromatic nitrogens is 1. The Morgan fingerprint density at radius 1 is 0.925 bits per heavy atom. The molecule has 1 amide bonds. The van der Waals surface area contributed by atoms with Gasteiger partial charge in [0.2, 0.25) is 5.91 Å². The second-order valence-corrected chi connectivity index (χ2v) is 15.3. The third kappa shape index (κ3) is 10.1. The van der Waals surface area contributed by atoms with Gasteiger partial charge in [-0.15, -0.1) is 0 Å². The molecule has 0 spiro atoms. The first-order chi connectivity index (χ1) is 25.6. The Labute approximate surface area is 320 Å². The lowest BCUT2D eigenvalue weighted by molar-refractivity contribution is -0.145. The van der Waals surface area contributed by atoms with Crippen molar-refractivity contribution >= 4 is 29.1 Å². The number of ether oxygens (including phenoxy) is 3. The van der Waals surface area contributed by atoms with Crippen LogP contribution in [-0.2, 0) is 32.9 Å². The molecule has 3 aromatic rings. The molecule has 0 radical (unpaired) electrons. The molecule has 3 fully saturated rings. The van der Waals surface area contributed by atoms with E-state index in [1.54, 1.807) is 6.20 Å². The van der Waals surface area contributed by atoms with Crippen molar-refractivity contribution in [2.75, 3.05) is 26.4 Å². The molecule has 0 bridgehead atoms. The van der Waals surface area contributed by atoms with Crippen molar-refractivity contribution in [1.82, 2.24) is 9.88 Å². The van der Waals surface area contributed by atoms with E-state index in [0.717, 1.165) is 59.3 Å². The summed E-state index contributed by atoms with van der Waals surface area (Å²) in [6.45, 7) is 0.209. The number of halogens is 2. The minimum absolute atomic E-state index is 0.193. The lowest BCUT2D eigenvalue weighted by Crippen LogP contribution is -2.53. The summed E-state index contributed by atoms with van der Waals surface area (Å²) in [5.41, 5.74) is 4.28. The van der Waals surface area contributed by atoms with E-state index in [0.29, 0.717) is 55.4 Å². The first-order valence-electron chi connectivity index (χ1n) is 18.6. The Kier molecular flexibility index (Phi) is 13.7. The fraction of sp³-hybridized carbons (Fsp3) is 0.550. The van der Waals surface area contributed by atoms with Gasteiger partial charge in [-0.25, -0.2) is 0 Å². The van der Waals surface area contributed by atoms with Crippen LogP contribution in [0.5, 0.6) is 5.75 Å². The third-order valence-corrected chi connectivity index (χ3v) is 11.2. The second-order valence-electron chi connectivity index (χ2n) is 14.4. The van der Waals surface area contributed by atoms with Gasteiger partial charge in [0.05, 0.1) is 24.9 Å². The van der Waals surface area contributed by atoms with Crippen LogP contribution in [-0.4, -0.2) is 104 Å². The molecular weight excluding hydrogens is 723 g/mol. The van der Waals surface area contributed by atoms with Crippen molar-refractivity contribution in [2.45, 2.75) is 113 Å². The van der Waals surface area contributed by atoms with Gasteiger partial charge in [0.1, 0.15) is 30.2 Å². The molecule has 3 aliphatic rings. The molecule has 1 aliphatic heterocycles. The quantitative estimate of drug-likeness (QED) is 0.105. The molecule has 11 nitrogen and oxygen atoms in total. The molecule has 0 unspecified atom stereocenters. The number of rotatable bonds is 19. The molecule has 2 saturated carbocycles. The lowest BCUT2D eigenvalue weighted by Gasteiger charge is -2.37. The van der Waals surface area contributed by atoms with Crippen LogP contribution in [0.25, 0.3) is 11.1 Å². The summed E-state index contributed by atoms with van der Waals surface area (Å²) < 4.78 is 18.3. The summed E-state index contributed by atoms with van der Waals surface area (Å²) in [5.74, 6) is 0.678. The SMILES string of the molecule is O=C(CCCCc1cc(Cl)c(COC2(c3cnccc3-c3ccccc3OC3CC3)CC2)cc1Cl)N(C[C@H](O)[C@@H](O)[C@H](O)[C@H](O)CO)C1CCOCC1.